The minimum absolute atomic E-state index is 0.229. The van der Waals surface area contributed by atoms with Crippen molar-refractivity contribution in [1.29, 1.82) is 0 Å². The van der Waals surface area contributed by atoms with Gasteiger partial charge in [-0.15, -0.1) is 0 Å². The highest BCUT2D eigenvalue weighted by atomic mass is 19.4. The molecule has 0 bridgehead atoms. The predicted molar refractivity (Wildman–Crippen MR) is 50.2 cm³/mol. The number of alkyl halides is 3. The number of hydrogen-bond acceptors (Lipinski definition) is 1. The minimum atomic E-state index is -4.01. The fraction of sp³-hybridized carbons (Fsp3) is 1.00. The Bertz CT molecular complexity index is 171. The van der Waals surface area contributed by atoms with Gasteiger partial charge in [0.1, 0.15) is 0 Å². The van der Waals surface area contributed by atoms with Crippen LogP contribution in [0.4, 0.5) is 13.2 Å². The number of rotatable bonds is 3. The monoisotopic (exact) mass is 209 g/mol. The van der Waals surface area contributed by atoms with E-state index >= 15 is 0 Å². The number of halogens is 3. The topological polar surface area (TPSA) is 12.0 Å². The Morgan fingerprint density at radius 2 is 2.00 bits per heavy atom. The van der Waals surface area contributed by atoms with Crippen LogP contribution >= 0.6 is 0 Å². The van der Waals surface area contributed by atoms with E-state index < -0.39 is 12.6 Å². The molecule has 0 aromatic heterocycles. The summed E-state index contributed by atoms with van der Waals surface area (Å²) >= 11 is 0. The Kier molecular flexibility index (Phi) is 3.81. The van der Waals surface area contributed by atoms with E-state index in [-0.39, 0.29) is 12.0 Å². The second kappa shape index (κ2) is 4.51. The van der Waals surface area contributed by atoms with Crippen molar-refractivity contribution in [3.8, 4) is 0 Å². The second-order valence-corrected chi connectivity index (χ2v) is 4.13. The van der Waals surface area contributed by atoms with Crippen LogP contribution in [0.5, 0.6) is 0 Å². The SMILES string of the molecule is CCC1(CCC(F)(F)F)CCCCN1. The largest absolute Gasteiger partial charge is 0.389 e. The van der Waals surface area contributed by atoms with E-state index in [1.165, 1.54) is 0 Å². The molecule has 0 aromatic rings. The first-order valence-corrected chi connectivity index (χ1v) is 5.29. The molecule has 1 fully saturated rings. The number of nitrogens with one attached hydrogen (secondary N) is 1. The van der Waals surface area contributed by atoms with Gasteiger partial charge < -0.3 is 5.32 Å². The quantitative estimate of drug-likeness (QED) is 0.752. The lowest BCUT2D eigenvalue weighted by Gasteiger charge is -2.38. The van der Waals surface area contributed by atoms with E-state index in [0.29, 0.717) is 0 Å². The molecule has 0 radical (unpaired) electrons. The average molecular weight is 209 g/mol. The Morgan fingerprint density at radius 1 is 1.29 bits per heavy atom. The van der Waals surface area contributed by atoms with Gasteiger partial charge in [-0.1, -0.05) is 13.3 Å². The molecule has 1 atom stereocenters. The lowest BCUT2D eigenvalue weighted by atomic mass is 9.82. The molecule has 1 N–H and O–H groups in total. The van der Waals surface area contributed by atoms with Crippen molar-refractivity contribution in [2.75, 3.05) is 6.54 Å². The van der Waals surface area contributed by atoms with Crippen molar-refractivity contribution in [3.05, 3.63) is 0 Å². The second-order valence-electron chi connectivity index (χ2n) is 4.13. The molecule has 1 rings (SSSR count). The zero-order valence-corrected chi connectivity index (χ0v) is 8.58. The number of piperidine rings is 1. The van der Waals surface area contributed by atoms with E-state index in [1.807, 2.05) is 6.92 Å². The van der Waals surface area contributed by atoms with Crippen LogP contribution in [-0.2, 0) is 0 Å². The zero-order chi connectivity index (χ0) is 10.7. The highest BCUT2D eigenvalue weighted by Gasteiger charge is 2.35. The summed E-state index contributed by atoms with van der Waals surface area (Å²) in [6.07, 6.45) is -0.614. The average Bonchev–Trinajstić information content (AvgIpc) is 2.15. The Hall–Kier alpha value is -0.250. The standard InChI is InChI=1S/C10H18F3N/c1-2-9(5-3-4-8-14-9)6-7-10(11,12)13/h14H,2-8H2,1H3. The Balaban J connectivity index is 2.44. The van der Waals surface area contributed by atoms with Gasteiger partial charge in [0.15, 0.2) is 0 Å². The van der Waals surface area contributed by atoms with Crippen LogP contribution in [0.2, 0.25) is 0 Å². The van der Waals surface area contributed by atoms with Crippen LogP contribution in [0.15, 0.2) is 0 Å². The molecule has 0 saturated carbocycles. The third kappa shape index (κ3) is 3.48. The van der Waals surface area contributed by atoms with E-state index in [4.69, 9.17) is 0 Å². The maximum Gasteiger partial charge on any atom is 0.389 e. The molecule has 1 heterocycles. The smallest absolute Gasteiger partial charge is 0.311 e. The van der Waals surface area contributed by atoms with Crippen LogP contribution in [0.3, 0.4) is 0 Å². The molecule has 0 aromatic carbocycles. The summed E-state index contributed by atoms with van der Waals surface area (Å²) in [5, 5.41) is 3.25. The third-order valence-electron chi connectivity index (χ3n) is 3.15. The molecule has 1 aliphatic rings. The summed E-state index contributed by atoms with van der Waals surface area (Å²) in [5.74, 6) is 0. The summed E-state index contributed by atoms with van der Waals surface area (Å²) in [4.78, 5) is 0. The van der Waals surface area contributed by atoms with Gasteiger partial charge in [0.25, 0.3) is 0 Å². The van der Waals surface area contributed by atoms with Gasteiger partial charge in [0.2, 0.25) is 0 Å². The van der Waals surface area contributed by atoms with Crippen molar-refractivity contribution >= 4 is 0 Å². The number of hydrogen-bond donors (Lipinski definition) is 1. The molecule has 84 valence electrons. The maximum atomic E-state index is 12.1. The van der Waals surface area contributed by atoms with E-state index in [2.05, 4.69) is 5.32 Å². The molecule has 1 nitrogen and oxygen atoms in total. The summed E-state index contributed by atoms with van der Waals surface area (Å²) in [6.45, 7) is 2.83. The molecule has 1 unspecified atom stereocenters. The van der Waals surface area contributed by atoms with Crippen molar-refractivity contribution < 1.29 is 13.2 Å². The Labute approximate surface area is 83.1 Å². The predicted octanol–water partition coefficient (Wildman–Crippen LogP) is 3.25. The molecule has 14 heavy (non-hydrogen) atoms. The van der Waals surface area contributed by atoms with Gasteiger partial charge in [-0.2, -0.15) is 13.2 Å². The summed E-state index contributed by atoms with van der Waals surface area (Å²) in [6, 6.07) is 0. The third-order valence-corrected chi connectivity index (χ3v) is 3.15. The van der Waals surface area contributed by atoms with Crippen LogP contribution in [-0.4, -0.2) is 18.3 Å². The molecular formula is C10H18F3N. The normalized spacial score (nSPS) is 29.1. The van der Waals surface area contributed by atoms with Crippen molar-refractivity contribution in [3.63, 3.8) is 0 Å². The lowest BCUT2D eigenvalue weighted by molar-refractivity contribution is -0.139. The van der Waals surface area contributed by atoms with Gasteiger partial charge >= 0.3 is 6.18 Å². The van der Waals surface area contributed by atoms with E-state index in [0.717, 1.165) is 32.2 Å². The summed E-state index contributed by atoms with van der Waals surface area (Å²) in [5.41, 5.74) is -0.242. The highest BCUT2D eigenvalue weighted by Crippen LogP contribution is 2.32. The first-order chi connectivity index (χ1) is 6.47. The molecule has 0 amide bonds. The first-order valence-electron chi connectivity index (χ1n) is 5.29. The maximum absolute atomic E-state index is 12.1. The summed E-state index contributed by atoms with van der Waals surface area (Å²) in [7, 11) is 0. The van der Waals surface area contributed by atoms with Gasteiger partial charge in [0, 0.05) is 12.0 Å². The van der Waals surface area contributed by atoms with Gasteiger partial charge in [0.05, 0.1) is 0 Å². The van der Waals surface area contributed by atoms with Crippen molar-refractivity contribution in [1.82, 2.24) is 5.32 Å². The first kappa shape index (κ1) is 11.8. The molecule has 0 spiro atoms. The van der Waals surface area contributed by atoms with Crippen LogP contribution in [0, 0.1) is 0 Å². The Morgan fingerprint density at radius 3 is 2.43 bits per heavy atom. The highest BCUT2D eigenvalue weighted by molar-refractivity contribution is 4.90. The lowest BCUT2D eigenvalue weighted by Crippen LogP contribution is -2.48. The molecular weight excluding hydrogens is 191 g/mol. The van der Waals surface area contributed by atoms with Crippen molar-refractivity contribution in [2.45, 2.75) is 57.2 Å². The fourth-order valence-electron chi connectivity index (χ4n) is 2.10. The van der Waals surface area contributed by atoms with Gasteiger partial charge in [-0.05, 0) is 32.2 Å². The van der Waals surface area contributed by atoms with Crippen LogP contribution in [0.25, 0.3) is 0 Å². The van der Waals surface area contributed by atoms with Gasteiger partial charge in [-0.3, -0.25) is 0 Å². The minimum Gasteiger partial charge on any atom is -0.311 e. The summed E-state index contributed by atoms with van der Waals surface area (Å²) < 4.78 is 36.3. The van der Waals surface area contributed by atoms with Crippen molar-refractivity contribution in [2.24, 2.45) is 0 Å². The molecule has 4 heteroatoms. The van der Waals surface area contributed by atoms with E-state index in [9.17, 15) is 13.2 Å². The molecule has 1 saturated heterocycles. The molecule has 1 aliphatic heterocycles. The van der Waals surface area contributed by atoms with Gasteiger partial charge in [-0.25, -0.2) is 0 Å². The zero-order valence-electron chi connectivity index (χ0n) is 8.58. The fourth-order valence-corrected chi connectivity index (χ4v) is 2.10. The van der Waals surface area contributed by atoms with Crippen LogP contribution < -0.4 is 5.32 Å². The van der Waals surface area contributed by atoms with Crippen LogP contribution in [0.1, 0.15) is 45.4 Å². The van der Waals surface area contributed by atoms with E-state index in [1.54, 1.807) is 0 Å². The molecule has 0 aliphatic carbocycles.